The van der Waals surface area contributed by atoms with Gasteiger partial charge in [0.15, 0.2) is 0 Å². The number of hydrogen-bond acceptors (Lipinski definition) is 4. The molecular weight excluding hydrogens is 364 g/mol. The summed E-state index contributed by atoms with van der Waals surface area (Å²) in [5.41, 5.74) is 0.527. The number of rotatable bonds is 5. The maximum atomic E-state index is 12.2. The molecule has 0 fully saturated rings. The quantitative estimate of drug-likeness (QED) is 0.730. The summed E-state index contributed by atoms with van der Waals surface area (Å²) in [6.45, 7) is 0.472. The number of pyridine rings is 1. The number of nitrogens with one attached hydrogen (secondary N) is 1. The Labute approximate surface area is 140 Å². The molecule has 0 aliphatic heterocycles. The molecule has 0 unspecified atom stereocenters. The SMILES string of the molecule is O=C(NC[C@@H](c1ccco1)c1cccs1)c1cncc(Br)c1. The molecule has 6 heteroatoms. The largest absolute Gasteiger partial charge is 0.469 e. The van der Waals surface area contributed by atoms with Crippen molar-refractivity contribution in [2.75, 3.05) is 6.54 Å². The van der Waals surface area contributed by atoms with Crippen LogP contribution in [0.2, 0.25) is 0 Å². The van der Waals surface area contributed by atoms with Gasteiger partial charge in [0.25, 0.3) is 5.91 Å². The molecular formula is C16H13BrN2O2S. The van der Waals surface area contributed by atoms with Crippen molar-refractivity contribution in [3.8, 4) is 0 Å². The zero-order valence-corrected chi connectivity index (χ0v) is 13.9. The molecule has 0 aromatic carbocycles. The molecule has 1 N–H and O–H groups in total. The lowest BCUT2D eigenvalue weighted by molar-refractivity contribution is 0.0951. The van der Waals surface area contributed by atoms with Crippen LogP contribution in [-0.4, -0.2) is 17.4 Å². The molecule has 3 heterocycles. The maximum absolute atomic E-state index is 12.2. The fourth-order valence-electron chi connectivity index (χ4n) is 2.15. The lowest BCUT2D eigenvalue weighted by Gasteiger charge is -2.14. The summed E-state index contributed by atoms with van der Waals surface area (Å²) < 4.78 is 6.29. The van der Waals surface area contributed by atoms with Crippen LogP contribution in [0.1, 0.15) is 26.9 Å². The van der Waals surface area contributed by atoms with Gasteiger partial charge in [-0.3, -0.25) is 9.78 Å². The van der Waals surface area contributed by atoms with E-state index >= 15 is 0 Å². The molecule has 112 valence electrons. The van der Waals surface area contributed by atoms with Crippen molar-refractivity contribution in [1.82, 2.24) is 10.3 Å². The molecule has 3 rings (SSSR count). The molecule has 3 aromatic heterocycles. The van der Waals surface area contributed by atoms with Crippen molar-refractivity contribution in [2.24, 2.45) is 0 Å². The molecule has 0 bridgehead atoms. The zero-order chi connectivity index (χ0) is 15.4. The molecule has 1 amide bonds. The maximum Gasteiger partial charge on any atom is 0.252 e. The smallest absolute Gasteiger partial charge is 0.252 e. The average molecular weight is 377 g/mol. The number of aromatic nitrogens is 1. The Morgan fingerprint density at radius 1 is 1.36 bits per heavy atom. The normalized spacial score (nSPS) is 12.0. The summed E-state index contributed by atoms with van der Waals surface area (Å²) >= 11 is 4.97. The summed E-state index contributed by atoms with van der Waals surface area (Å²) in [4.78, 5) is 17.4. The van der Waals surface area contributed by atoms with E-state index in [4.69, 9.17) is 4.42 Å². The third kappa shape index (κ3) is 3.45. The summed E-state index contributed by atoms with van der Waals surface area (Å²) in [6.07, 6.45) is 4.84. The second kappa shape index (κ2) is 6.89. The minimum absolute atomic E-state index is 0.0130. The van der Waals surface area contributed by atoms with Crippen LogP contribution in [0, 0.1) is 0 Å². The van der Waals surface area contributed by atoms with Crippen LogP contribution in [0.15, 0.2) is 63.3 Å². The van der Waals surface area contributed by atoms with Gasteiger partial charge in [0.1, 0.15) is 5.76 Å². The predicted molar refractivity (Wildman–Crippen MR) is 89.1 cm³/mol. The van der Waals surface area contributed by atoms with Gasteiger partial charge in [0, 0.05) is 28.3 Å². The predicted octanol–water partition coefficient (Wildman–Crippen LogP) is 4.06. The molecule has 1 atom stereocenters. The van der Waals surface area contributed by atoms with Crippen molar-refractivity contribution in [2.45, 2.75) is 5.92 Å². The summed E-state index contributed by atoms with van der Waals surface area (Å²) in [5.74, 6) is 0.705. The number of amides is 1. The number of nitrogens with zero attached hydrogens (tertiary/aromatic N) is 1. The molecule has 0 aliphatic carbocycles. The highest BCUT2D eigenvalue weighted by Crippen LogP contribution is 2.28. The molecule has 0 radical (unpaired) electrons. The number of furan rings is 1. The van der Waals surface area contributed by atoms with Crippen molar-refractivity contribution in [3.63, 3.8) is 0 Å². The summed E-state index contributed by atoms with van der Waals surface area (Å²) in [5, 5.41) is 4.97. The first-order valence-electron chi connectivity index (χ1n) is 6.69. The highest BCUT2D eigenvalue weighted by Gasteiger charge is 2.19. The fourth-order valence-corrected chi connectivity index (χ4v) is 3.35. The molecule has 4 nitrogen and oxygen atoms in total. The number of carbonyl (C=O) groups excluding carboxylic acids is 1. The first-order chi connectivity index (χ1) is 10.7. The van der Waals surface area contributed by atoms with Crippen molar-refractivity contribution in [3.05, 3.63) is 75.0 Å². The van der Waals surface area contributed by atoms with Crippen LogP contribution in [0.3, 0.4) is 0 Å². The summed E-state index contributed by atoms with van der Waals surface area (Å²) in [6, 6.07) is 9.57. The van der Waals surface area contributed by atoms with E-state index in [9.17, 15) is 4.79 Å². The Hall–Kier alpha value is -1.92. The van der Waals surface area contributed by atoms with Crippen LogP contribution in [0.25, 0.3) is 0 Å². The van der Waals surface area contributed by atoms with Crippen molar-refractivity contribution in [1.29, 1.82) is 0 Å². The van der Waals surface area contributed by atoms with Gasteiger partial charge in [-0.25, -0.2) is 0 Å². The highest BCUT2D eigenvalue weighted by molar-refractivity contribution is 9.10. The summed E-state index contributed by atoms with van der Waals surface area (Å²) in [7, 11) is 0. The highest BCUT2D eigenvalue weighted by atomic mass is 79.9. The van der Waals surface area contributed by atoms with Gasteiger partial charge < -0.3 is 9.73 Å². The Bertz CT molecular complexity index is 707. The number of thiophene rings is 1. The van der Waals surface area contributed by atoms with Gasteiger partial charge in [0.2, 0.25) is 0 Å². The van der Waals surface area contributed by atoms with Gasteiger partial charge in [0.05, 0.1) is 17.7 Å². The second-order valence-corrected chi connectivity index (χ2v) is 6.58. The molecule has 0 spiro atoms. The van der Waals surface area contributed by atoms with Gasteiger partial charge in [-0.2, -0.15) is 0 Å². The zero-order valence-electron chi connectivity index (χ0n) is 11.5. The third-order valence-electron chi connectivity index (χ3n) is 3.21. The van der Waals surface area contributed by atoms with E-state index in [-0.39, 0.29) is 11.8 Å². The average Bonchev–Trinajstić information content (AvgIpc) is 3.21. The van der Waals surface area contributed by atoms with E-state index in [0.717, 1.165) is 15.1 Å². The van der Waals surface area contributed by atoms with Gasteiger partial charge in [-0.15, -0.1) is 11.3 Å². The van der Waals surface area contributed by atoms with Gasteiger partial charge >= 0.3 is 0 Å². The van der Waals surface area contributed by atoms with Crippen LogP contribution in [-0.2, 0) is 0 Å². The van der Waals surface area contributed by atoms with Crippen LogP contribution < -0.4 is 5.32 Å². The fraction of sp³-hybridized carbons (Fsp3) is 0.125. The number of hydrogen-bond donors (Lipinski definition) is 1. The van der Waals surface area contributed by atoms with Crippen molar-refractivity contribution >= 4 is 33.2 Å². The molecule has 0 saturated heterocycles. The minimum Gasteiger partial charge on any atom is -0.469 e. The number of carbonyl (C=O) groups is 1. The van der Waals surface area contributed by atoms with Crippen LogP contribution in [0.4, 0.5) is 0 Å². The van der Waals surface area contributed by atoms with Gasteiger partial charge in [-0.05, 0) is 45.6 Å². The first-order valence-corrected chi connectivity index (χ1v) is 8.37. The molecule has 0 aliphatic rings. The van der Waals surface area contributed by atoms with Crippen LogP contribution in [0.5, 0.6) is 0 Å². The van der Waals surface area contributed by atoms with E-state index in [1.165, 1.54) is 0 Å². The molecule has 22 heavy (non-hydrogen) atoms. The van der Waals surface area contributed by atoms with E-state index in [1.54, 1.807) is 36.1 Å². The molecule has 0 saturated carbocycles. The standard InChI is InChI=1S/C16H13BrN2O2S/c17-12-7-11(8-18-9-12)16(20)19-10-13(14-3-1-5-21-14)15-4-2-6-22-15/h1-9,13H,10H2,(H,19,20)/t13-/m0/s1. The Morgan fingerprint density at radius 3 is 2.95 bits per heavy atom. The van der Waals surface area contributed by atoms with Crippen molar-refractivity contribution < 1.29 is 9.21 Å². The van der Waals surface area contributed by atoms with E-state index in [2.05, 4.69) is 26.2 Å². The van der Waals surface area contributed by atoms with E-state index < -0.39 is 0 Å². The second-order valence-electron chi connectivity index (χ2n) is 4.69. The Kier molecular flexibility index (Phi) is 4.70. The van der Waals surface area contributed by atoms with Gasteiger partial charge in [-0.1, -0.05) is 6.07 Å². The molecule has 3 aromatic rings. The van der Waals surface area contributed by atoms with E-state index in [1.807, 2.05) is 29.6 Å². The van der Waals surface area contributed by atoms with E-state index in [0.29, 0.717) is 12.1 Å². The lowest BCUT2D eigenvalue weighted by atomic mass is 10.0. The monoisotopic (exact) mass is 376 g/mol. The minimum atomic E-state index is -0.151. The number of halogens is 1. The third-order valence-corrected chi connectivity index (χ3v) is 4.63. The Morgan fingerprint density at radius 2 is 2.27 bits per heavy atom. The Balaban J connectivity index is 1.73. The van der Waals surface area contributed by atoms with Crippen LogP contribution >= 0.6 is 27.3 Å². The lowest BCUT2D eigenvalue weighted by Crippen LogP contribution is -2.28. The first kappa shape index (κ1) is 15.0. The topological polar surface area (TPSA) is 55.1 Å².